The Morgan fingerprint density at radius 2 is 2.16 bits per heavy atom. The van der Waals surface area contributed by atoms with Crippen molar-refractivity contribution in [3.63, 3.8) is 0 Å². The van der Waals surface area contributed by atoms with Gasteiger partial charge < -0.3 is 5.73 Å². The highest BCUT2D eigenvalue weighted by Gasteiger charge is 2.16. The molecule has 0 saturated heterocycles. The molecule has 0 aromatic heterocycles. The lowest BCUT2D eigenvalue weighted by Crippen LogP contribution is -2.38. The van der Waals surface area contributed by atoms with Gasteiger partial charge in [-0.2, -0.15) is 12.7 Å². The predicted octanol–water partition coefficient (Wildman–Crippen LogP) is 0.997. The van der Waals surface area contributed by atoms with Gasteiger partial charge in [0.2, 0.25) is 0 Å². The highest BCUT2D eigenvalue weighted by atomic mass is 32.2. The topological polar surface area (TPSA) is 75.4 Å². The molecule has 0 aliphatic heterocycles. The highest BCUT2D eigenvalue weighted by Crippen LogP contribution is 2.09. The summed E-state index contributed by atoms with van der Waals surface area (Å²) in [7, 11) is -1.90. The molecule has 0 atom stereocenters. The van der Waals surface area contributed by atoms with Gasteiger partial charge in [0.05, 0.1) is 0 Å². The van der Waals surface area contributed by atoms with Gasteiger partial charge in [-0.25, -0.2) is 4.72 Å². The highest BCUT2D eigenvalue weighted by molar-refractivity contribution is 7.87. The molecule has 106 valence electrons. The monoisotopic (exact) mass is 301 g/mol. The third kappa shape index (κ3) is 4.87. The second-order valence-corrected chi connectivity index (χ2v) is 6.52. The summed E-state index contributed by atoms with van der Waals surface area (Å²) in [6.45, 7) is 2.61. The molecule has 0 saturated carbocycles. The van der Waals surface area contributed by atoms with Crippen molar-refractivity contribution in [2.75, 3.05) is 13.6 Å². The molecule has 5 nitrogen and oxygen atoms in total. The predicted molar refractivity (Wildman–Crippen MR) is 81.0 cm³/mol. The smallest absolute Gasteiger partial charge is 0.279 e. The minimum absolute atomic E-state index is 0.273. The molecular weight excluding hydrogens is 282 g/mol. The van der Waals surface area contributed by atoms with Crippen LogP contribution in [0.1, 0.15) is 24.5 Å². The first-order valence-electron chi connectivity index (χ1n) is 5.96. The maximum Gasteiger partial charge on any atom is 0.279 e. The molecule has 0 spiro atoms. The zero-order chi connectivity index (χ0) is 14.5. The van der Waals surface area contributed by atoms with Crippen molar-refractivity contribution in [2.45, 2.75) is 19.9 Å². The molecule has 0 amide bonds. The van der Waals surface area contributed by atoms with Crippen LogP contribution in [0.2, 0.25) is 0 Å². The number of benzene rings is 1. The molecule has 0 fully saturated rings. The van der Waals surface area contributed by atoms with Crippen LogP contribution >= 0.6 is 12.2 Å². The van der Waals surface area contributed by atoms with Crippen molar-refractivity contribution < 1.29 is 8.42 Å². The average molecular weight is 301 g/mol. The fourth-order valence-electron chi connectivity index (χ4n) is 1.51. The zero-order valence-corrected chi connectivity index (χ0v) is 12.7. The van der Waals surface area contributed by atoms with Crippen LogP contribution in [-0.2, 0) is 16.8 Å². The molecule has 19 heavy (non-hydrogen) atoms. The first kappa shape index (κ1) is 16.0. The van der Waals surface area contributed by atoms with E-state index in [4.69, 9.17) is 18.0 Å². The summed E-state index contributed by atoms with van der Waals surface area (Å²) in [5, 5.41) is 0. The molecule has 0 aliphatic carbocycles. The van der Waals surface area contributed by atoms with Gasteiger partial charge in [0.15, 0.2) is 0 Å². The van der Waals surface area contributed by atoms with E-state index in [1.54, 1.807) is 12.1 Å². The minimum atomic E-state index is -3.43. The number of rotatable bonds is 7. The Morgan fingerprint density at radius 3 is 2.74 bits per heavy atom. The Labute approximate surface area is 120 Å². The zero-order valence-electron chi connectivity index (χ0n) is 11.1. The van der Waals surface area contributed by atoms with Gasteiger partial charge in [0.1, 0.15) is 4.99 Å². The Morgan fingerprint density at radius 1 is 1.47 bits per heavy atom. The largest absolute Gasteiger partial charge is 0.389 e. The van der Waals surface area contributed by atoms with Crippen molar-refractivity contribution in [2.24, 2.45) is 5.73 Å². The van der Waals surface area contributed by atoms with Crippen LogP contribution in [0.4, 0.5) is 0 Å². The van der Waals surface area contributed by atoms with E-state index >= 15 is 0 Å². The summed E-state index contributed by atoms with van der Waals surface area (Å²) in [5.41, 5.74) is 7.13. The van der Waals surface area contributed by atoms with Crippen LogP contribution in [0, 0.1) is 0 Å². The van der Waals surface area contributed by atoms with E-state index in [-0.39, 0.29) is 6.54 Å². The molecule has 0 bridgehead atoms. The van der Waals surface area contributed by atoms with Gasteiger partial charge in [0, 0.05) is 25.7 Å². The van der Waals surface area contributed by atoms with Gasteiger partial charge in [-0.15, -0.1) is 0 Å². The fraction of sp³-hybridized carbons (Fsp3) is 0.417. The number of nitrogens with two attached hydrogens (primary N) is 1. The van der Waals surface area contributed by atoms with Crippen LogP contribution in [0.5, 0.6) is 0 Å². The van der Waals surface area contributed by atoms with Crippen LogP contribution in [0.3, 0.4) is 0 Å². The third-order valence-electron chi connectivity index (χ3n) is 2.56. The molecule has 1 rings (SSSR count). The van der Waals surface area contributed by atoms with Gasteiger partial charge >= 0.3 is 0 Å². The SMILES string of the molecule is CCCNS(=O)(=O)N(C)Cc1cccc(C(N)=S)c1. The van der Waals surface area contributed by atoms with Gasteiger partial charge in [-0.05, 0) is 18.1 Å². The van der Waals surface area contributed by atoms with E-state index in [0.29, 0.717) is 11.5 Å². The van der Waals surface area contributed by atoms with Crippen molar-refractivity contribution in [1.82, 2.24) is 9.03 Å². The van der Waals surface area contributed by atoms with E-state index in [2.05, 4.69) is 4.72 Å². The number of hydrogen-bond donors (Lipinski definition) is 2. The van der Waals surface area contributed by atoms with E-state index in [0.717, 1.165) is 17.5 Å². The summed E-state index contributed by atoms with van der Waals surface area (Å²) >= 11 is 4.90. The summed E-state index contributed by atoms with van der Waals surface area (Å²) in [5.74, 6) is 0. The summed E-state index contributed by atoms with van der Waals surface area (Å²) < 4.78 is 27.5. The van der Waals surface area contributed by atoms with E-state index in [1.165, 1.54) is 11.4 Å². The number of hydrogen-bond acceptors (Lipinski definition) is 3. The van der Waals surface area contributed by atoms with E-state index in [1.807, 2.05) is 19.1 Å². The van der Waals surface area contributed by atoms with Gasteiger partial charge in [-0.1, -0.05) is 37.3 Å². The number of thiocarbonyl (C=S) groups is 1. The summed E-state index contributed by atoms with van der Waals surface area (Å²) in [6.07, 6.45) is 0.754. The summed E-state index contributed by atoms with van der Waals surface area (Å²) in [6, 6.07) is 7.25. The first-order valence-corrected chi connectivity index (χ1v) is 7.81. The van der Waals surface area contributed by atoms with Crippen molar-refractivity contribution in [1.29, 1.82) is 0 Å². The number of nitrogens with zero attached hydrogens (tertiary/aromatic N) is 1. The lowest BCUT2D eigenvalue weighted by Gasteiger charge is -2.17. The Balaban J connectivity index is 2.79. The van der Waals surface area contributed by atoms with Crippen LogP contribution in [0.15, 0.2) is 24.3 Å². The maximum absolute atomic E-state index is 11.9. The van der Waals surface area contributed by atoms with Crippen molar-refractivity contribution in [3.8, 4) is 0 Å². The van der Waals surface area contributed by atoms with Crippen molar-refractivity contribution in [3.05, 3.63) is 35.4 Å². The second-order valence-electron chi connectivity index (χ2n) is 4.22. The molecule has 7 heteroatoms. The molecule has 0 unspecified atom stereocenters. The Kier molecular flexibility index (Phi) is 5.86. The second kappa shape index (κ2) is 6.95. The average Bonchev–Trinajstić information content (AvgIpc) is 2.36. The van der Waals surface area contributed by atoms with Crippen LogP contribution in [0.25, 0.3) is 0 Å². The van der Waals surface area contributed by atoms with Crippen LogP contribution < -0.4 is 10.5 Å². The molecule has 3 N–H and O–H groups in total. The fourth-order valence-corrected chi connectivity index (χ4v) is 2.63. The molecule has 0 radical (unpaired) electrons. The van der Waals surface area contributed by atoms with Crippen LogP contribution in [-0.4, -0.2) is 31.3 Å². The lowest BCUT2D eigenvalue weighted by molar-refractivity contribution is 0.455. The molecule has 0 heterocycles. The first-order chi connectivity index (χ1) is 8.86. The minimum Gasteiger partial charge on any atom is -0.389 e. The van der Waals surface area contributed by atoms with Crippen molar-refractivity contribution >= 4 is 27.4 Å². The van der Waals surface area contributed by atoms with Gasteiger partial charge in [-0.3, -0.25) is 0 Å². The Bertz CT molecular complexity index is 544. The quantitative estimate of drug-likeness (QED) is 0.737. The third-order valence-corrected chi connectivity index (χ3v) is 4.32. The molecule has 1 aromatic rings. The lowest BCUT2D eigenvalue weighted by atomic mass is 10.1. The normalized spacial score (nSPS) is 11.7. The van der Waals surface area contributed by atoms with Gasteiger partial charge in [0.25, 0.3) is 10.2 Å². The number of nitrogens with one attached hydrogen (secondary N) is 1. The Hall–Kier alpha value is -1.02. The van der Waals surface area contributed by atoms with E-state index < -0.39 is 10.2 Å². The maximum atomic E-state index is 11.9. The van der Waals surface area contributed by atoms with E-state index in [9.17, 15) is 8.42 Å². The molecular formula is C12H19N3O2S2. The standard InChI is InChI=1S/C12H19N3O2S2/c1-3-7-14-19(16,17)15(2)9-10-5-4-6-11(8-10)12(13)18/h4-6,8,14H,3,7,9H2,1-2H3,(H2,13,18). The molecule has 1 aromatic carbocycles. The summed E-state index contributed by atoms with van der Waals surface area (Å²) in [4.78, 5) is 0.302. The molecule has 0 aliphatic rings.